The van der Waals surface area contributed by atoms with Crippen LogP contribution in [0.2, 0.25) is 0 Å². The maximum atomic E-state index is 12.4. The van der Waals surface area contributed by atoms with Crippen LogP contribution in [-0.2, 0) is 4.79 Å². The lowest BCUT2D eigenvalue weighted by Crippen LogP contribution is -2.35. The number of hydrogen-bond acceptors (Lipinski definition) is 2. The van der Waals surface area contributed by atoms with Gasteiger partial charge in [-0.25, -0.2) is 0 Å². The van der Waals surface area contributed by atoms with Crippen molar-refractivity contribution in [3.63, 3.8) is 0 Å². The number of hydrogen-bond donors (Lipinski definition) is 1. The number of likely N-dealkylation sites (N-methyl/N-ethyl adjacent to an activating group) is 1. The SMILES string of the molecule is Cc1cc(C)c(NC(=O)CN(C)C(=O)c2ccc(I)cc2)c(C)c1. The molecule has 126 valence electrons. The molecule has 0 atom stereocenters. The first kappa shape index (κ1) is 18.4. The van der Waals surface area contributed by atoms with Crippen molar-refractivity contribution in [1.82, 2.24) is 4.90 Å². The van der Waals surface area contributed by atoms with Crippen molar-refractivity contribution >= 4 is 40.1 Å². The zero-order valence-electron chi connectivity index (χ0n) is 14.3. The fourth-order valence-corrected chi connectivity index (χ4v) is 3.02. The lowest BCUT2D eigenvalue weighted by Gasteiger charge is -2.18. The fourth-order valence-electron chi connectivity index (χ4n) is 2.66. The Morgan fingerprint density at radius 2 is 1.58 bits per heavy atom. The van der Waals surface area contributed by atoms with Crippen LogP contribution < -0.4 is 5.32 Å². The molecular formula is C19H21IN2O2. The van der Waals surface area contributed by atoms with E-state index in [1.54, 1.807) is 19.2 Å². The second-order valence-electron chi connectivity index (χ2n) is 5.99. The lowest BCUT2D eigenvalue weighted by atomic mass is 10.1. The van der Waals surface area contributed by atoms with Gasteiger partial charge in [0.2, 0.25) is 5.91 Å². The van der Waals surface area contributed by atoms with Crippen molar-refractivity contribution in [3.05, 3.63) is 62.2 Å². The molecule has 0 spiro atoms. The summed E-state index contributed by atoms with van der Waals surface area (Å²) in [6, 6.07) is 11.4. The topological polar surface area (TPSA) is 49.4 Å². The van der Waals surface area contributed by atoms with Crippen LogP contribution in [0, 0.1) is 24.3 Å². The molecule has 0 radical (unpaired) electrons. The number of aryl methyl sites for hydroxylation is 3. The summed E-state index contributed by atoms with van der Waals surface area (Å²) in [4.78, 5) is 26.1. The summed E-state index contributed by atoms with van der Waals surface area (Å²) < 4.78 is 1.06. The van der Waals surface area contributed by atoms with E-state index in [4.69, 9.17) is 0 Å². The van der Waals surface area contributed by atoms with E-state index >= 15 is 0 Å². The molecule has 0 saturated carbocycles. The number of rotatable bonds is 4. The van der Waals surface area contributed by atoms with E-state index in [-0.39, 0.29) is 18.4 Å². The van der Waals surface area contributed by atoms with Crippen molar-refractivity contribution in [2.45, 2.75) is 20.8 Å². The quantitative estimate of drug-likeness (QED) is 0.739. The average molecular weight is 436 g/mol. The van der Waals surface area contributed by atoms with Gasteiger partial charge in [0.15, 0.2) is 0 Å². The molecule has 0 heterocycles. The van der Waals surface area contributed by atoms with Crippen molar-refractivity contribution < 1.29 is 9.59 Å². The van der Waals surface area contributed by atoms with Crippen LogP contribution in [0.4, 0.5) is 5.69 Å². The molecule has 4 nitrogen and oxygen atoms in total. The van der Waals surface area contributed by atoms with Crippen LogP contribution >= 0.6 is 22.6 Å². The molecule has 1 N–H and O–H groups in total. The second-order valence-corrected chi connectivity index (χ2v) is 7.24. The Morgan fingerprint density at radius 1 is 1.04 bits per heavy atom. The standard InChI is InChI=1S/C19H21IN2O2/c1-12-9-13(2)18(14(3)10-12)21-17(23)11-22(4)19(24)15-5-7-16(20)8-6-15/h5-10H,11H2,1-4H3,(H,21,23). The highest BCUT2D eigenvalue weighted by atomic mass is 127. The van der Waals surface area contributed by atoms with E-state index in [2.05, 4.69) is 27.9 Å². The third-order valence-electron chi connectivity index (χ3n) is 3.76. The Balaban J connectivity index is 2.04. The maximum Gasteiger partial charge on any atom is 0.254 e. The van der Waals surface area contributed by atoms with Gasteiger partial charge in [0.25, 0.3) is 5.91 Å². The van der Waals surface area contributed by atoms with Gasteiger partial charge in [-0.15, -0.1) is 0 Å². The first-order chi connectivity index (χ1) is 11.3. The fraction of sp³-hybridized carbons (Fsp3) is 0.263. The number of halogens is 1. The van der Waals surface area contributed by atoms with Gasteiger partial charge in [-0.2, -0.15) is 0 Å². The van der Waals surface area contributed by atoms with E-state index in [0.717, 1.165) is 25.9 Å². The summed E-state index contributed by atoms with van der Waals surface area (Å²) >= 11 is 2.19. The van der Waals surface area contributed by atoms with Crippen molar-refractivity contribution in [2.75, 3.05) is 18.9 Å². The Labute approximate surface area is 156 Å². The van der Waals surface area contributed by atoms with E-state index in [9.17, 15) is 9.59 Å². The van der Waals surface area contributed by atoms with Gasteiger partial charge in [-0.1, -0.05) is 17.7 Å². The molecular weight excluding hydrogens is 415 g/mol. The first-order valence-corrected chi connectivity index (χ1v) is 8.74. The van der Waals surface area contributed by atoms with Crippen molar-refractivity contribution in [3.8, 4) is 0 Å². The van der Waals surface area contributed by atoms with Crippen LogP contribution in [0.5, 0.6) is 0 Å². The molecule has 5 heteroatoms. The average Bonchev–Trinajstić information content (AvgIpc) is 2.50. The maximum absolute atomic E-state index is 12.4. The van der Waals surface area contributed by atoms with E-state index in [1.807, 2.05) is 45.0 Å². The molecule has 0 fully saturated rings. The molecule has 0 aliphatic heterocycles. The molecule has 0 aromatic heterocycles. The summed E-state index contributed by atoms with van der Waals surface area (Å²) in [5.41, 5.74) is 4.60. The van der Waals surface area contributed by atoms with Crippen molar-refractivity contribution in [2.24, 2.45) is 0 Å². The zero-order valence-corrected chi connectivity index (χ0v) is 16.5. The number of nitrogens with one attached hydrogen (secondary N) is 1. The number of amides is 2. The molecule has 0 saturated heterocycles. The van der Waals surface area contributed by atoms with Gasteiger partial charge in [-0.05, 0) is 78.8 Å². The summed E-state index contributed by atoms with van der Waals surface area (Å²) in [6.07, 6.45) is 0. The number of carbonyl (C=O) groups is 2. The van der Waals surface area contributed by atoms with Gasteiger partial charge in [0.1, 0.15) is 0 Å². The molecule has 2 amide bonds. The van der Waals surface area contributed by atoms with Crippen LogP contribution in [-0.4, -0.2) is 30.3 Å². The number of carbonyl (C=O) groups excluding carboxylic acids is 2. The lowest BCUT2D eigenvalue weighted by molar-refractivity contribution is -0.116. The van der Waals surface area contributed by atoms with E-state index in [1.165, 1.54) is 4.90 Å². The first-order valence-electron chi connectivity index (χ1n) is 7.66. The second kappa shape index (κ2) is 7.79. The molecule has 0 aliphatic rings. The normalized spacial score (nSPS) is 10.4. The number of nitrogens with zero attached hydrogens (tertiary/aromatic N) is 1. The zero-order chi connectivity index (χ0) is 17.9. The van der Waals surface area contributed by atoms with Crippen molar-refractivity contribution in [1.29, 1.82) is 0 Å². The third kappa shape index (κ3) is 4.56. The predicted molar refractivity (Wildman–Crippen MR) is 105 cm³/mol. The summed E-state index contributed by atoms with van der Waals surface area (Å²) in [5, 5.41) is 2.92. The highest BCUT2D eigenvalue weighted by Crippen LogP contribution is 2.21. The minimum atomic E-state index is -0.202. The third-order valence-corrected chi connectivity index (χ3v) is 4.48. The van der Waals surface area contributed by atoms with Gasteiger partial charge in [0, 0.05) is 21.9 Å². The monoisotopic (exact) mass is 436 g/mol. The van der Waals surface area contributed by atoms with E-state index < -0.39 is 0 Å². The van der Waals surface area contributed by atoms with Gasteiger partial charge in [-0.3, -0.25) is 9.59 Å². The van der Waals surface area contributed by atoms with Gasteiger partial charge in [0.05, 0.1) is 6.54 Å². The number of benzene rings is 2. The smallest absolute Gasteiger partial charge is 0.254 e. The minimum Gasteiger partial charge on any atom is -0.332 e. The Hall–Kier alpha value is -1.89. The Bertz CT molecular complexity index is 746. The molecule has 24 heavy (non-hydrogen) atoms. The largest absolute Gasteiger partial charge is 0.332 e. The molecule has 2 aromatic carbocycles. The summed E-state index contributed by atoms with van der Waals surface area (Å²) in [6.45, 7) is 5.97. The highest BCUT2D eigenvalue weighted by Gasteiger charge is 2.16. The predicted octanol–water partition coefficient (Wildman–Crippen LogP) is 3.93. The van der Waals surface area contributed by atoms with Gasteiger partial charge < -0.3 is 10.2 Å². The van der Waals surface area contributed by atoms with E-state index in [0.29, 0.717) is 5.56 Å². The minimum absolute atomic E-state index is 0.0115. The molecule has 2 rings (SSSR count). The molecule has 0 bridgehead atoms. The van der Waals surface area contributed by atoms with Crippen LogP contribution in [0.3, 0.4) is 0 Å². The summed E-state index contributed by atoms with van der Waals surface area (Å²) in [7, 11) is 1.63. The highest BCUT2D eigenvalue weighted by molar-refractivity contribution is 14.1. The molecule has 2 aromatic rings. The van der Waals surface area contributed by atoms with Gasteiger partial charge >= 0.3 is 0 Å². The van der Waals surface area contributed by atoms with Crippen LogP contribution in [0.1, 0.15) is 27.0 Å². The number of anilines is 1. The van der Waals surface area contributed by atoms with Crippen LogP contribution in [0.15, 0.2) is 36.4 Å². The molecule has 0 unspecified atom stereocenters. The molecule has 0 aliphatic carbocycles. The summed E-state index contributed by atoms with van der Waals surface area (Å²) in [5.74, 6) is -0.370. The Kier molecular flexibility index (Phi) is 5.99. The Morgan fingerprint density at radius 3 is 2.12 bits per heavy atom. The van der Waals surface area contributed by atoms with Crippen LogP contribution in [0.25, 0.3) is 0 Å².